The number of ether oxygens (including phenoxy) is 2. The highest BCUT2D eigenvalue weighted by Gasteiger charge is 2.13. The molecule has 0 aliphatic heterocycles. The first-order valence-electron chi connectivity index (χ1n) is 9.39. The van der Waals surface area contributed by atoms with E-state index in [-0.39, 0.29) is 5.57 Å². The molecule has 5 nitrogen and oxygen atoms in total. The van der Waals surface area contributed by atoms with E-state index in [9.17, 15) is 10.1 Å². The highest BCUT2D eigenvalue weighted by molar-refractivity contribution is 6.10. The number of hydrogen-bond donors (Lipinski definition) is 1. The largest absolute Gasteiger partial charge is 0.490 e. The molecule has 1 amide bonds. The topological polar surface area (TPSA) is 71.3 Å². The Morgan fingerprint density at radius 2 is 1.82 bits per heavy atom. The fourth-order valence-electron chi connectivity index (χ4n) is 2.72. The van der Waals surface area contributed by atoms with Crippen LogP contribution in [0.25, 0.3) is 6.08 Å². The molecule has 0 bridgehead atoms. The lowest BCUT2D eigenvalue weighted by Crippen LogP contribution is -2.15. The quantitative estimate of drug-likeness (QED) is 0.516. The molecule has 0 unspecified atom stereocenters. The van der Waals surface area contributed by atoms with Crippen LogP contribution in [0.15, 0.2) is 42.0 Å². The number of nitrogens with one attached hydrogen (secondary N) is 1. The predicted octanol–water partition coefficient (Wildman–Crippen LogP) is 5.04. The molecule has 5 heteroatoms. The van der Waals surface area contributed by atoms with Gasteiger partial charge < -0.3 is 14.8 Å². The second-order valence-electron chi connectivity index (χ2n) is 6.38. The minimum atomic E-state index is -0.441. The summed E-state index contributed by atoms with van der Waals surface area (Å²) in [6, 6.07) is 13.1. The van der Waals surface area contributed by atoms with Crippen molar-refractivity contribution in [1.82, 2.24) is 0 Å². The molecular formula is C23H26N2O3. The van der Waals surface area contributed by atoms with Crippen LogP contribution in [-0.2, 0) is 4.79 Å². The predicted molar refractivity (Wildman–Crippen MR) is 112 cm³/mol. The Bertz CT molecular complexity index is 890. The van der Waals surface area contributed by atoms with Crippen molar-refractivity contribution in [3.05, 3.63) is 58.7 Å². The molecule has 2 aromatic rings. The summed E-state index contributed by atoms with van der Waals surface area (Å²) < 4.78 is 11.3. The summed E-state index contributed by atoms with van der Waals surface area (Å²) in [6.45, 7) is 8.85. The molecule has 2 aromatic carbocycles. The monoisotopic (exact) mass is 378 g/mol. The minimum Gasteiger partial charge on any atom is -0.490 e. The maximum absolute atomic E-state index is 12.6. The van der Waals surface area contributed by atoms with E-state index in [1.807, 2.05) is 52.0 Å². The molecule has 0 aliphatic carbocycles. The van der Waals surface area contributed by atoms with Crippen molar-refractivity contribution in [2.75, 3.05) is 18.5 Å². The van der Waals surface area contributed by atoms with Gasteiger partial charge in [0.2, 0.25) is 0 Å². The highest BCUT2D eigenvalue weighted by atomic mass is 16.5. The van der Waals surface area contributed by atoms with E-state index in [1.54, 1.807) is 24.3 Å². The third-order valence-corrected chi connectivity index (χ3v) is 4.13. The fraction of sp³-hybridized carbons (Fsp3) is 0.304. The molecule has 0 atom stereocenters. The molecule has 0 fully saturated rings. The summed E-state index contributed by atoms with van der Waals surface area (Å²) >= 11 is 0. The van der Waals surface area contributed by atoms with Crippen molar-refractivity contribution in [1.29, 1.82) is 5.26 Å². The van der Waals surface area contributed by atoms with Crippen molar-refractivity contribution in [2.45, 2.75) is 34.1 Å². The second-order valence-corrected chi connectivity index (χ2v) is 6.38. The number of amides is 1. The number of anilines is 1. The first-order chi connectivity index (χ1) is 13.5. The third-order valence-electron chi connectivity index (χ3n) is 4.13. The zero-order valence-corrected chi connectivity index (χ0v) is 16.8. The van der Waals surface area contributed by atoms with E-state index in [1.165, 1.54) is 0 Å². The van der Waals surface area contributed by atoms with Gasteiger partial charge in [0.25, 0.3) is 5.91 Å². The van der Waals surface area contributed by atoms with Crippen molar-refractivity contribution in [2.24, 2.45) is 0 Å². The van der Waals surface area contributed by atoms with Crippen molar-refractivity contribution in [3.8, 4) is 17.6 Å². The van der Waals surface area contributed by atoms with E-state index >= 15 is 0 Å². The number of carbonyl (C=O) groups excluding carboxylic acids is 1. The van der Waals surface area contributed by atoms with Crippen molar-refractivity contribution in [3.63, 3.8) is 0 Å². The molecule has 0 aromatic heterocycles. The Kier molecular flexibility index (Phi) is 7.65. The molecular weight excluding hydrogens is 352 g/mol. The van der Waals surface area contributed by atoms with Gasteiger partial charge in [-0.15, -0.1) is 0 Å². The van der Waals surface area contributed by atoms with Gasteiger partial charge >= 0.3 is 0 Å². The average molecular weight is 378 g/mol. The van der Waals surface area contributed by atoms with Crippen LogP contribution in [0.2, 0.25) is 0 Å². The van der Waals surface area contributed by atoms with E-state index in [0.717, 1.165) is 23.2 Å². The smallest absolute Gasteiger partial charge is 0.266 e. The third kappa shape index (κ3) is 5.37. The van der Waals surface area contributed by atoms with Gasteiger partial charge in [0.15, 0.2) is 11.5 Å². The van der Waals surface area contributed by atoms with Gasteiger partial charge in [0.05, 0.1) is 13.2 Å². The van der Waals surface area contributed by atoms with E-state index in [2.05, 4.69) is 5.32 Å². The summed E-state index contributed by atoms with van der Waals surface area (Å²) in [5.41, 5.74) is 3.34. The number of nitrogens with zero attached hydrogens (tertiary/aromatic N) is 1. The first-order valence-corrected chi connectivity index (χ1v) is 9.39. The minimum absolute atomic E-state index is 0.0207. The van der Waals surface area contributed by atoms with Crippen LogP contribution in [0.5, 0.6) is 11.5 Å². The van der Waals surface area contributed by atoms with Gasteiger partial charge in [-0.25, -0.2) is 0 Å². The lowest BCUT2D eigenvalue weighted by Gasteiger charge is -2.13. The van der Waals surface area contributed by atoms with E-state index in [4.69, 9.17) is 9.47 Å². The van der Waals surface area contributed by atoms with Gasteiger partial charge in [-0.3, -0.25) is 4.79 Å². The van der Waals surface area contributed by atoms with Crippen LogP contribution in [0, 0.1) is 25.2 Å². The van der Waals surface area contributed by atoms with Gasteiger partial charge in [-0.05, 0) is 62.1 Å². The van der Waals surface area contributed by atoms with Gasteiger partial charge in [-0.1, -0.05) is 31.2 Å². The summed E-state index contributed by atoms with van der Waals surface area (Å²) in [7, 11) is 0. The number of benzene rings is 2. The van der Waals surface area contributed by atoms with Crippen molar-refractivity contribution < 1.29 is 14.3 Å². The molecule has 0 saturated heterocycles. The number of nitriles is 1. The Morgan fingerprint density at radius 3 is 2.43 bits per heavy atom. The summed E-state index contributed by atoms with van der Waals surface area (Å²) in [5, 5.41) is 12.3. The molecule has 0 spiro atoms. The van der Waals surface area contributed by atoms with Crippen LogP contribution in [-0.4, -0.2) is 19.1 Å². The van der Waals surface area contributed by atoms with Crippen LogP contribution < -0.4 is 14.8 Å². The number of hydrogen-bond acceptors (Lipinski definition) is 4. The normalized spacial score (nSPS) is 10.9. The lowest BCUT2D eigenvalue weighted by molar-refractivity contribution is -0.112. The number of para-hydroxylation sites is 1. The second kappa shape index (κ2) is 10.2. The molecule has 28 heavy (non-hydrogen) atoms. The van der Waals surface area contributed by atoms with Gasteiger partial charge in [0, 0.05) is 5.69 Å². The van der Waals surface area contributed by atoms with Gasteiger partial charge in [-0.2, -0.15) is 5.26 Å². The number of carbonyl (C=O) groups is 1. The number of rotatable bonds is 8. The van der Waals surface area contributed by atoms with E-state index < -0.39 is 5.91 Å². The average Bonchev–Trinajstić information content (AvgIpc) is 2.68. The molecule has 1 N–H and O–H groups in total. The fourth-order valence-corrected chi connectivity index (χ4v) is 2.72. The van der Waals surface area contributed by atoms with Crippen LogP contribution in [0.3, 0.4) is 0 Å². The lowest BCUT2D eigenvalue weighted by atomic mass is 10.1. The van der Waals surface area contributed by atoms with Crippen LogP contribution in [0.1, 0.15) is 37.0 Å². The summed E-state index contributed by atoms with van der Waals surface area (Å²) in [5.74, 6) is 0.806. The van der Waals surface area contributed by atoms with Crippen LogP contribution in [0.4, 0.5) is 5.69 Å². The Morgan fingerprint density at radius 1 is 1.11 bits per heavy atom. The molecule has 146 valence electrons. The Labute approximate surface area is 166 Å². The molecule has 0 heterocycles. The first kappa shape index (κ1) is 21.0. The van der Waals surface area contributed by atoms with Crippen LogP contribution >= 0.6 is 0 Å². The molecule has 0 aliphatic rings. The standard InChI is InChI=1S/C23H26N2O3/c1-5-12-28-20-11-10-18(14-21(20)27-6-2)13-19(15-24)23(26)25-22-16(3)8-7-9-17(22)4/h7-11,13-14H,5-6,12H2,1-4H3,(H,25,26)/b19-13+. The van der Waals surface area contributed by atoms with E-state index in [0.29, 0.717) is 30.3 Å². The SMILES string of the molecule is CCCOc1ccc(/C=C(\C#N)C(=O)Nc2c(C)cccc2C)cc1OCC. The van der Waals surface area contributed by atoms with Gasteiger partial charge in [0.1, 0.15) is 11.6 Å². The maximum atomic E-state index is 12.6. The highest BCUT2D eigenvalue weighted by Crippen LogP contribution is 2.29. The summed E-state index contributed by atoms with van der Waals surface area (Å²) in [4.78, 5) is 12.6. The van der Waals surface area contributed by atoms with Crippen molar-refractivity contribution >= 4 is 17.7 Å². The molecule has 0 saturated carbocycles. The zero-order valence-electron chi connectivity index (χ0n) is 16.8. The summed E-state index contributed by atoms with van der Waals surface area (Å²) in [6.07, 6.45) is 2.44. The Balaban J connectivity index is 2.29. The zero-order chi connectivity index (χ0) is 20.5. The Hall–Kier alpha value is -3.26. The molecule has 0 radical (unpaired) electrons. The maximum Gasteiger partial charge on any atom is 0.266 e. The number of aryl methyl sites for hydroxylation is 2. The molecule has 2 rings (SSSR count).